The summed E-state index contributed by atoms with van der Waals surface area (Å²) >= 11 is 6.27. The average Bonchev–Trinajstić information content (AvgIpc) is 3.00. The zero-order chi connectivity index (χ0) is 13.3. The summed E-state index contributed by atoms with van der Waals surface area (Å²) in [6.07, 6.45) is 2.10. The number of benzene rings is 1. The van der Waals surface area contributed by atoms with E-state index in [4.69, 9.17) is 16.7 Å². The van der Waals surface area contributed by atoms with Crippen LogP contribution in [0.1, 0.15) is 30.4 Å². The van der Waals surface area contributed by atoms with Crippen molar-refractivity contribution in [2.75, 3.05) is 14.1 Å². The summed E-state index contributed by atoms with van der Waals surface area (Å²) in [6.45, 7) is 0.797. The molecule has 0 aliphatic heterocycles. The van der Waals surface area contributed by atoms with E-state index in [0.29, 0.717) is 0 Å². The number of carboxylic acid groups (broad SMARTS) is 1. The van der Waals surface area contributed by atoms with Gasteiger partial charge in [0.2, 0.25) is 0 Å². The van der Waals surface area contributed by atoms with Crippen LogP contribution >= 0.6 is 11.6 Å². The highest BCUT2D eigenvalue weighted by atomic mass is 35.5. The van der Waals surface area contributed by atoms with Gasteiger partial charge in [0.25, 0.3) is 0 Å². The van der Waals surface area contributed by atoms with Crippen molar-refractivity contribution in [1.29, 1.82) is 0 Å². The number of aliphatic carboxylic acids is 1. The predicted molar refractivity (Wildman–Crippen MR) is 72.0 cm³/mol. The van der Waals surface area contributed by atoms with Crippen molar-refractivity contribution in [2.45, 2.75) is 31.2 Å². The van der Waals surface area contributed by atoms with Gasteiger partial charge in [-0.05, 0) is 44.1 Å². The Kier molecular flexibility index (Phi) is 3.64. The molecular formula is C14H18ClNO2. The molecule has 0 saturated heterocycles. The van der Waals surface area contributed by atoms with Gasteiger partial charge in [-0.25, -0.2) is 0 Å². The normalized spacial score (nSPS) is 16.9. The highest BCUT2D eigenvalue weighted by Crippen LogP contribution is 2.51. The molecule has 1 aromatic rings. The molecule has 1 saturated carbocycles. The highest BCUT2D eigenvalue weighted by Gasteiger charge is 2.46. The molecule has 98 valence electrons. The number of halogens is 1. The smallest absolute Gasteiger partial charge is 0.304 e. The van der Waals surface area contributed by atoms with Gasteiger partial charge in [0.1, 0.15) is 0 Å². The maximum Gasteiger partial charge on any atom is 0.304 e. The molecule has 18 heavy (non-hydrogen) atoms. The molecule has 0 amide bonds. The van der Waals surface area contributed by atoms with E-state index in [1.54, 1.807) is 0 Å². The lowest BCUT2D eigenvalue weighted by atomic mass is 9.91. The van der Waals surface area contributed by atoms with Gasteiger partial charge in [0.05, 0.1) is 6.42 Å². The molecule has 0 heterocycles. The van der Waals surface area contributed by atoms with E-state index in [0.717, 1.165) is 35.5 Å². The van der Waals surface area contributed by atoms with Crippen molar-refractivity contribution >= 4 is 17.6 Å². The second kappa shape index (κ2) is 4.90. The van der Waals surface area contributed by atoms with Crippen LogP contribution in [-0.4, -0.2) is 30.1 Å². The molecule has 1 fully saturated rings. The van der Waals surface area contributed by atoms with Crippen LogP contribution in [0.15, 0.2) is 18.2 Å². The first-order chi connectivity index (χ1) is 8.43. The van der Waals surface area contributed by atoms with Crippen LogP contribution in [0.4, 0.5) is 0 Å². The van der Waals surface area contributed by atoms with Gasteiger partial charge in [-0.1, -0.05) is 23.7 Å². The minimum absolute atomic E-state index is 0.161. The first kappa shape index (κ1) is 13.4. The van der Waals surface area contributed by atoms with Crippen molar-refractivity contribution in [3.63, 3.8) is 0 Å². The quantitative estimate of drug-likeness (QED) is 0.892. The van der Waals surface area contributed by atoms with E-state index in [-0.39, 0.29) is 11.8 Å². The van der Waals surface area contributed by atoms with E-state index in [9.17, 15) is 4.79 Å². The number of hydrogen-bond acceptors (Lipinski definition) is 2. The minimum Gasteiger partial charge on any atom is -0.481 e. The third-order valence-electron chi connectivity index (χ3n) is 3.50. The Bertz CT molecular complexity index is 467. The van der Waals surface area contributed by atoms with Crippen molar-refractivity contribution in [2.24, 2.45) is 0 Å². The highest BCUT2D eigenvalue weighted by molar-refractivity contribution is 6.31. The second-order valence-corrected chi connectivity index (χ2v) is 5.80. The summed E-state index contributed by atoms with van der Waals surface area (Å²) in [5.41, 5.74) is 1.99. The molecule has 0 radical (unpaired) electrons. The van der Waals surface area contributed by atoms with E-state index >= 15 is 0 Å². The Morgan fingerprint density at radius 1 is 1.44 bits per heavy atom. The average molecular weight is 268 g/mol. The minimum atomic E-state index is -0.735. The third kappa shape index (κ3) is 2.85. The fourth-order valence-corrected chi connectivity index (χ4v) is 2.59. The maximum atomic E-state index is 10.9. The number of nitrogens with zero attached hydrogens (tertiary/aromatic N) is 1. The monoisotopic (exact) mass is 267 g/mol. The van der Waals surface area contributed by atoms with Gasteiger partial charge in [0, 0.05) is 17.0 Å². The van der Waals surface area contributed by atoms with E-state index in [2.05, 4.69) is 4.90 Å². The van der Waals surface area contributed by atoms with Crippen LogP contribution in [-0.2, 0) is 16.8 Å². The zero-order valence-corrected chi connectivity index (χ0v) is 11.5. The summed E-state index contributed by atoms with van der Waals surface area (Å²) in [5, 5.41) is 9.69. The summed E-state index contributed by atoms with van der Waals surface area (Å²) in [4.78, 5) is 12.9. The number of rotatable bonds is 5. The first-order valence-electron chi connectivity index (χ1n) is 6.08. The molecule has 3 nitrogen and oxygen atoms in total. The summed E-state index contributed by atoms with van der Waals surface area (Å²) in [7, 11) is 3.99. The fraction of sp³-hybridized carbons (Fsp3) is 0.500. The zero-order valence-electron chi connectivity index (χ0n) is 10.7. The lowest BCUT2D eigenvalue weighted by Crippen LogP contribution is -2.14. The van der Waals surface area contributed by atoms with Gasteiger partial charge >= 0.3 is 5.97 Å². The van der Waals surface area contributed by atoms with Crippen LogP contribution in [0.5, 0.6) is 0 Å². The van der Waals surface area contributed by atoms with Crippen molar-refractivity contribution < 1.29 is 9.90 Å². The molecule has 1 aliphatic rings. The second-order valence-electron chi connectivity index (χ2n) is 5.39. The molecule has 2 rings (SSSR count). The van der Waals surface area contributed by atoms with Gasteiger partial charge in [-0.3, -0.25) is 4.79 Å². The third-order valence-corrected chi connectivity index (χ3v) is 3.85. The molecule has 0 bridgehead atoms. The Balaban J connectivity index is 2.21. The molecule has 1 N–H and O–H groups in total. The fourth-order valence-electron chi connectivity index (χ4n) is 2.35. The molecular weight excluding hydrogens is 250 g/mol. The number of carboxylic acids is 1. The largest absolute Gasteiger partial charge is 0.481 e. The van der Waals surface area contributed by atoms with Gasteiger partial charge < -0.3 is 10.0 Å². The Morgan fingerprint density at radius 3 is 2.56 bits per heavy atom. The summed E-state index contributed by atoms with van der Waals surface area (Å²) in [6, 6.07) is 5.98. The van der Waals surface area contributed by atoms with Crippen LogP contribution in [0.25, 0.3) is 0 Å². The molecule has 0 atom stereocenters. The lowest BCUT2D eigenvalue weighted by Gasteiger charge is -2.16. The molecule has 0 spiro atoms. The van der Waals surface area contributed by atoms with Crippen LogP contribution < -0.4 is 0 Å². The Hall–Kier alpha value is -1.06. The lowest BCUT2D eigenvalue weighted by molar-refractivity contribution is -0.137. The van der Waals surface area contributed by atoms with Crippen molar-refractivity contribution in [3.8, 4) is 0 Å². The van der Waals surface area contributed by atoms with Crippen molar-refractivity contribution in [1.82, 2.24) is 4.90 Å². The SMILES string of the molecule is CN(C)Cc1ccc(C2(CC(=O)O)CC2)cc1Cl. The molecule has 0 aromatic heterocycles. The summed E-state index contributed by atoms with van der Waals surface area (Å²) in [5.74, 6) is -0.735. The van der Waals surface area contributed by atoms with E-state index < -0.39 is 5.97 Å². The van der Waals surface area contributed by atoms with Crippen LogP contribution in [0.2, 0.25) is 5.02 Å². The molecule has 1 aliphatic carbocycles. The Morgan fingerprint density at radius 2 is 2.11 bits per heavy atom. The molecule has 0 unspecified atom stereocenters. The number of carbonyl (C=O) groups is 1. The first-order valence-corrected chi connectivity index (χ1v) is 6.46. The predicted octanol–water partition coefficient (Wildman–Crippen LogP) is 2.91. The maximum absolute atomic E-state index is 10.9. The van der Waals surface area contributed by atoms with Gasteiger partial charge in [0.15, 0.2) is 0 Å². The van der Waals surface area contributed by atoms with Crippen LogP contribution in [0.3, 0.4) is 0 Å². The molecule has 4 heteroatoms. The number of hydrogen-bond donors (Lipinski definition) is 1. The van der Waals surface area contributed by atoms with Crippen LogP contribution in [0, 0.1) is 0 Å². The van der Waals surface area contributed by atoms with E-state index in [1.165, 1.54) is 0 Å². The van der Waals surface area contributed by atoms with E-state index in [1.807, 2.05) is 32.3 Å². The topological polar surface area (TPSA) is 40.5 Å². The summed E-state index contributed by atoms with van der Waals surface area (Å²) < 4.78 is 0. The standard InChI is InChI=1S/C14H18ClNO2/c1-16(2)9-10-3-4-11(7-12(10)15)14(5-6-14)8-13(17)18/h3-4,7H,5-6,8-9H2,1-2H3,(H,17,18). The van der Waals surface area contributed by atoms with Crippen molar-refractivity contribution in [3.05, 3.63) is 34.3 Å². The van der Waals surface area contributed by atoms with Gasteiger partial charge in [-0.15, -0.1) is 0 Å². The van der Waals surface area contributed by atoms with Gasteiger partial charge in [-0.2, -0.15) is 0 Å². The Labute approximate surface area is 112 Å². The molecule has 1 aromatic carbocycles.